The zero-order chi connectivity index (χ0) is 31.6. The van der Waals surface area contributed by atoms with Gasteiger partial charge in [-0.1, -0.05) is 32.9 Å². The Bertz CT molecular complexity index is 1410. The summed E-state index contributed by atoms with van der Waals surface area (Å²) in [6.45, 7) is 4.24. The third-order valence-corrected chi connectivity index (χ3v) is 9.18. The number of primary amides is 2. The Labute approximate surface area is 244 Å². The van der Waals surface area contributed by atoms with Gasteiger partial charge in [-0.15, -0.1) is 0 Å². The number of aromatic nitrogens is 1. The van der Waals surface area contributed by atoms with Crippen LogP contribution in [0.25, 0.3) is 0 Å². The number of fused-ring (bicyclic) bond motifs is 6. The van der Waals surface area contributed by atoms with E-state index in [1.54, 1.807) is 11.4 Å². The number of halogens is 3. The molecule has 5 unspecified atom stereocenters. The first kappa shape index (κ1) is 30.3. The van der Waals surface area contributed by atoms with Crippen LogP contribution in [0, 0.1) is 35.0 Å². The topological polar surface area (TPSA) is 187 Å². The molecule has 0 aromatic carbocycles. The molecule has 2 bridgehead atoms. The van der Waals surface area contributed by atoms with E-state index < -0.39 is 77.1 Å². The lowest BCUT2D eigenvalue weighted by Gasteiger charge is -2.48. The summed E-state index contributed by atoms with van der Waals surface area (Å²) in [6, 6.07) is 1.34. The van der Waals surface area contributed by atoms with Gasteiger partial charge in [-0.05, 0) is 41.7 Å². The lowest BCUT2D eigenvalue weighted by molar-refractivity contribution is -0.177. The van der Waals surface area contributed by atoms with E-state index >= 15 is 0 Å². The number of rotatable bonds is 7. The number of alkyl halides is 3. The monoisotopic (exact) mass is 606 g/mol. The summed E-state index contributed by atoms with van der Waals surface area (Å²) in [6.07, 6.45) is -1.24. The number of allylic oxidation sites excluding steroid dienone is 2. The van der Waals surface area contributed by atoms with Crippen molar-refractivity contribution in [3.8, 4) is 5.75 Å². The molecule has 2 aliphatic carbocycles. The Kier molecular flexibility index (Phi) is 7.21. The maximum absolute atomic E-state index is 14.3. The lowest BCUT2D eigenvalue weighted by Crippen LogP contribution is -2.70. The third kappa shape index (κ3) is 4.87. The predicted octanol–water partition coefficient (Wildman–Crippen LogP) is 0.871. The second-order valence-electron chi connectivity index (χ2n) is 12.7. The molecule has 0 radical (unpaired) electrons. The molecule has 5 rings (SSSR count). The fourth-order valence-electron chi connectivity index (χ4n) is 7.41. The number of ether oxygens (including phenoxy) is 1. The van der Waals surface area contributed by atoms with E-state index in [9.17, 15) is 37.1 Å². The minimum absolute atomic E-state index is 0.0925. The maximum atomic E-state index is 14.3. The van der Waals surface area contributed by atoms with Crippen LogP contribution in [0.3, 0.4) is 0 Å². The molecule has 4 aliphatic rings. The summed E-state index contributed by atoms with van der Waals surface area (Å²) >= 11 is 0. The Hall–Kier alpha value is -4.17. The zero-order valence-electron chi connectivity index (χ0n) is 23.7. The number of nitrogens with zero attached hydrogens (tertiary/aromatic N) is 2. The molecule has 2 fully saturated rings. The van der Waals surface area contributed by atoms with E-state index in [1.165, 1.54) is 33.0 Å². The number of hydrogen-bond donors (Lipinski definition) is 4. The van der Waals surface area contributed by atoms with Crippen LogP contribution in [-0.2, 0) is 24.0 Å². The second-order valence-corrected chi connectivity index (χ2v) is 12.7. The molecule has 5 amide bonds. The molecule has 1 aromatic heterocycles. The number of pyridine rings is 1. The molecular weight excluding hydrogens is 573 g/mol. The van der Waals surface area contributed by atoms with Crippen molar-refractivity contribution in [2.75, 3.05) is 11.9 Å². The van der Waals surface area contributed by atoms with Crippen molar-refractivity contribution < 1.29 is 41.9 Å². The summed E-state index contributed by atoms with van der Waals surface area (Å²) in [4.78, 5) is 71.5. The van der Waals surface area contributed by atoms with Crippen LogP contribution in [0.4, 0.5) is 19.0 Å². The second kappa shape index (κ2) is 10.2. The Balaban J connectivity index is 1.60. The average molecular weight is 607 g/mol. The van der Waals surface area contributed by atoms with Crippen molar-refractivity contribution in [1.82, 2.24) is 15.2 Å². The first-order valence-electron chi connectivity index (χ1n) is 13.9. The van der Waals surface area contributed by atoms with Crippen LogP contribution < -0.4 is 26.8 Å². The molecule has 6 N–H and O–H groups in total. The lowest BCUT2D eigenvalue weighted by atomic mass is 9.65. The summed E-state index contributed by atoms with van der Waals surface area (Å²) in [7, 11) is 0. The minimum Gasteiger partial charge on any atom is -0.477 e. The fraction of sp³-hybridized carbons (Fsp3) is 0.571. The normalized spacial score (nSPS) is 30.5. The van der Waals surface area contributed by atoms with E-state index in [-0.39, 0.29) is 35.9 Å². The highest BCUT2D eigenvalue weighted by Gasteiger charge is 2.70. The number of anilines is 1. The maximum Gasteiger partial charge on any atom is 0.471 e. The Morgan fingerprint density at radius 3 is 2.47 bits per heavy atom. The summed E-state index contributed by atoms with van der Waals surface area (Å²) < 4.78 is 45.8. The first-order chi connectivity index (χ1) is 20.0. The molecule has 1 saturated carbocycles. The van der Waals surface area contributed by atoms with Gasteiger partial charge in [0.25, 0.3) is 5.91 Å². The highest BCUT2D eigenvalue weighted by atomic mass is 19.4. The molecule has 3 heterocycles. The Morgan fingerprint density at radius 1 is 1.19 bits per heavy atom. The van der Waals surface area contributed by atoms with Crippen molar-refractivity contribution in [1.29, 1.82) is 0 Å². The van der Waals surface area contributed by atoms with Crippen molar-refractivity contribution in [2.45, 2.75) is 57.5 Å². The predicted molar refractivity (Wildman–Crippen MR) is 143 cm³/mol. The van der Waals surface area contributed by atoms with E-state index in [1.807, 2.05) is 12.2 Å². The van der Waals surface area contributed by atoms with Crippen molar-refractivity contribution in [2.24, 2.45) is 46.5 Å². The largest absolute Gasteiger partial charge is 0.477 e. The number of nitrogens with one attached hydrogen (secondary N) is 2. The van der Waals surface area contributed by atoms with Crippen LogP contribution in [0.1, 0.15) is 33.6 Å². The van der Waals surface area contributed by atoms with Crippen LogP contribution in [-0.4, -0.2) is 69.8 Å². The van der Waals surface area contributed by atoms with Gasteiger partial charge in [-0.25, -0.2) is 4.98 Å². The van der Waals surface area contributed by atoms with Gasteiger partial charge in [0.05, 0.1) is 5.92 Å². The van der Waals surface area contributed by atoms with Crippen molar-refractivity contribution in [3.05, 3.63) is 30.5 Å². The summed E-state index contributed by atoms with van der Waals surface area (Å²) in [5.74, 6) is -8.90. The number of carbonyl (C=O) groups excluding carboxylic acids is 5. The number of amides is 5. The van der Waals surface area contributed by atoms with E-state index in [0.29, 0.717) is 6.42 Å². The molecule has 232 valence electrons. The first-order valence-corrected chi connectivity index (χ1v) is 13.9. The number of likely N-dealkylation sites (tertiary alicyclic amines) is 1. The van der Waals surface area contributed by atoms with Crippen LogP contribution in [0.5, 0.6) is 5.75 Å². The van der Waals surface area contributed by atoms with Gasteiger partial charge < -0.3 is 31.7 Å². The summed E-state index contributed by atoms with van der Waals surface area (Å²) in [5, 5.41) is 4.37. The van der Waals surface area contributed by atoms with E-state index in [2.05, 4.69) is 10.3 Å². The molecule has 43 heavy (non-hydrogen) atoms. The standard InChI is InChI=1S/C28H33F3N6O6/c1-26(2,3)19(35-25(42)28(29,30)31)23(40)37-11-14-12-6-7-13(9-12)18(14)27(37,24(33)41)15(20(32)38)10-17-22(39)36-21-16(43-17)5-4-8-34-21/h4-8,12-15,17-19H,9-11H2,1-3H3,(H2,32,38)(H2,33,41)(H,35,42)(H,34,36,39)/t12?,13?,14?,15-,17+,18?,19-,27?/m1/s1. The number of nitrogens with two attached hydrogens (primary N) is 2. The smallest absolute Gasteiger partial charge is 0.471 e. The van der Waals surface area contributed by atoms with Crippen LogP contribution in [0.15, 0.2) is 30.5 Å². The molecule has 1 aromatic rings. The molecular formula is C28H33F3N6O6. The fourth-order valence-corrected chi connectivity index (χ4v) is 7.41. The van der Waals surface area contributed by atoms with Gasteiger partial charge in [-0.2, -0.15) is 13.2 Å². The molecule has 1 saturated heterocycles. The zero-order valence-corrected chi connectivity index (χ0v) is 23.7. The molecule has 15 heteroatoms. The molecule has 12 nitrogen and oxygen atoms in total. The minimum atomic E-state index is -5.29. The average Bonchev–Trinajstić information content (AvgIpc) is 3.61. The van der Waals surface area contributed by atoms with Gasteiger partial charge in [0.1, 0.15) is 11.6 Å². The molecule has 2 aliphatic heterocycles. The van der Waals surface area contributed by atoms with Gasteiger partial charge in [-0.3, -0.25) is 24.0 Å². The Morgan fingerprint density at radius 2 is 1.86 bits per heavy atom. The third-order valence-electron chi connectivity index (χ3n) is 9.18. The number of carbonyl (C=O) groups is 5. The van der Waals surface area contributed by atoms with Crippen LogP contribution >= 0.6 is 0 Å². The SMILES string of the molecule is CC(C)(C)[C@H](NC(=O)C(F)(F)F)C(=O)N1CC2C3C=CC(C3)C2C1(C(N)=O)[C@H](C[C@@H]1Oc2cccnc2NC1=O)C(N)=O. The quantitative estimate of drug-likeness (QED) is 0.332. The van der Waals surface area contributed by atoms with Gasteiger partial charge in [0.2, 0.25) is 17.7 Å². The highest BCUT2D eigenvalue weighted by molar-refractivity contribution is 6.01. The molecule has 8 atom stereocenters. The van der Waals surface area contributed by atoms with Gasteiger partial charge in [0.15, 0.2) is 17.7 Å². The van der Waals surface area contributed by atoms with Crippen LogP contribution in [0.2, 0.25) is 0 Å². The molecule has 0 spiro atoms. The van der Waals surface area contributed by atoms with Gasteiger partial charge in [0, 0.05) is 25.1 Å². The van der Waals surface area contributed by atoms with E-state index in [0.717, 1.165) is 4.90 Å². The van der Waals surface area contributed by atoms with Gasteiger partial charge >= 0.3 is 12.1 Å². The highest BCUT2D eigenvalue weighted by Crippen LogP contribution is 2.60. The summed E-state index contributed by atoms with van der Waals surface area (Å²) in [5.41, 5.74) is 8.62. The van der Waals surface area contributed by atoms with Crippen molar-refractivity contribution >= 4 is 35.4 Å². The number of hydrogen-bond acceptors (Lipinski definition) is 7. The van der Waals surface area contributed by atoms with Crippen molar-refractivity contribution in [3.63, 3.8) is 0 Å². The van der Waals surface area contributed by atoms with E-state index in [4.69, 9.17) is 16.2 Å².